The van der Waals surface area contributed by atoms with E-state index in [-0.39, 0.29) is 5.91 Å². The second kappa shape index (κ2) is 8.01. The van der Waals surface area contributed by atoms with Crippen LogP contribution in [0.3, 0.4) is 0 Å². The van der Waals surface area contributed by atoms with Crippen LogP contribution in [0.2, 0.25) is 0 Å². The van der Waals surface area contributed by atoms with Gasteiger partial charge in [0.1, 0.15) is 0 Å². The summed E-state index contributed by atoms with van der Waals surface area (Å²) < 4.78 is 1.78. The number of nitrogens with one attached hydrogen (secondary N) is 1. The van der Waals surface area contributed by atoms with E-state index in [2.05, 4.69) is 25.4 Å². The molecule has 0 unspecified atom stereocenters. The lowest BCUT2D eigenvalue weighted by molar-refractivity contribution is 0.102. The van der Waals surface area contributed by atoms with Gasteiger partial charge in [-0.15, -0.1) is 5.10 Å². The van der Waals surface area contributed by atoms with Gasteiger partial charge in [-0.2, -0.15) is 0 Å². The van der Waals surface area contributed by atoms with Crippen LogP contribution in [-0.2, 0) is 0 Å². The summed E-state index contributed by atoms with van der Waals surface area (Å²) in [5.74, 6) is 0.437. The number of carbonyl (C=O) groups is 1. The fraction of sp³-hybridized carbons (Fsp3) is 0.0500. The van der Waals surface area contributed by atoms with Crippen molar-refractivity contribution in [2.75, 3.05) is 11.6 Å². The SMILES string of the molecule is CSc1nc(-c2ccncc2)nn1-c1ccc(NC(=O)c2cccnc2)cc1. The maximum Gasteiger partial charge on any atom is 0.257 e. The fourth-order valence-electron chi connectivity index (χ4n) is 2.61. The zero-order valence-electron chi connectivity index (χ0n) is 15.0. The van der Waals surface area contributed by atoms with Gasteiger partial charge in [0, 0.05) is 36.0 Å². The summed E-state index contributed by atoms with van der Waals surface area (Å²) in [6, 6.07) is 14.7. The van der Waals surface area contributed by atoms with Crippen LogP contribution >= 0.6 is 11.8 Å². The van der Waals surface area contributed by atoms with Crippen molar-refractivity contribution >= 4 is 23.4 Å². The topological polar surface area (TPSA) is 85.6 Å². The molecule has 0 saturated carbocycles. The van der Waals surface area contributed by atoms with Crippen molar-refractivity contribution in [1.82, 2.24) is 24.7 Å². The Morgan fingerprint density at radius 2 is 1.79 bits per heavy atom. The zero-order valence-corrected chi connectivity index (χ0v) is 15.8. The van der Waals surface area contributed by atoms with Gasteiger partial charge < -0.3 is 5.32 Å². The Morgan fingerprint density at radius 3 is 2.46 bits per heavy atom. The highest BCUT2D eigenvalue weighted by atomic mass is 32.2. The Labute approximate surface area is 165 Å². The number of carbonyl (C=O) groups excluding carboxylic acids is 1. The van der Waals surface area contributed by atoms with Crippen molar-refractivity contribution < 1.29 is 4.79 Å². The molecule has 1 amide bonds. The third-order valence-corrected chi connectivity index (χ3v) is 4.62. The number of aromatic nitrogens is 5. The third kappa shape index (κ3) is 3.77. The molecule has 0 fully saturated rings. The Bertz CT molecular complexity index is 1080. The monoisotopic (exact) mass is 388 g/mol. The van der Waals surface area contributed by atoms with Crippen molar-refractivity contribution in [2.45, 2.75) is 5.16 Å². The van der Waals surface area contributed by atoms with Crippen LogP contribution in [0, 0.1) is 0 Å². The van der Waals surface area contributed by atoms with Crippen LogP contribution in [0.4, 0.5) is 5.69 Å². The molecule has 0 bridgehead atoms. The Morgan fingerprint density at radius 1 is 1.00 bits per heavy atom. The van der Waals surface area contributed by atoms with E-state index in [9.17, 15) is 4.79 Å². The summed E-state index contributed by atoms with van der Waals surface area (Å²) in [4.78, 5) is 24.8. The van der Waals surface area contributed by atoms with Crippen LogP contribution in [0.5, 0.6) is 0 Å². The molecule has 0 atom stereocenters. The molecular weight excluding hydrogens is 372 g/mol. The number of hydrogen-bond acceptors (Lipinski definition) is 6. The molecule has 1 aromatic carbocycles. The highest BCUT2D eigenvalue weighted by Crippen LogP contribution is 2.23. The first kappa shape index (κ1) is 17.9. The number of rotatable bonds is 5. The quantitative estimate of drug-likeness (QED) is 0.525. The van der Waals surface area contributed by atoms with E-state index in [1.807, 2.05) is 42.7 Å². The Balaban J connectivity index is 1.57. The van der Waals surface area contributed by atoms with E-state index in [0.717, 1.165) is 16.4 Å². The summed E-state index contributed by atoms with van der Waals surface area (Å²) in [6.45, 7) is 0. The summed E-state index contributed by atoms with van der Waals surface area (Å²) in [7, 11) is 0. The number of nitrogens with zero attached hydrogens (tertiary/aromatic N) is 5. The molecule has 3 aromatic heterocycles. The summed E-state index contributed by atoms with van der Waals surface area (Å²) in [5.41, 5.74) is 2.97. The smallest absolute Gasteiger partial charge is 0.257 e. The van der Waals surface area contributed by atoms with Crippen molar-refractivity contribution in [3.63, 3.8) is 0 Å². The predicted molar refractivity (Wildman–Crippen MR) is 109 cm³/mol. The van der Waals surface area contributed by atoms with Crippen LogP contribution < -0.4 is 5.32 Å². The van der Waals surface area contributed by atoms with Gasteiger partial charge in [0.15, 0.2) is 11.0 Å². The molecule has 138 valence electrons. The standard InChI is InChI=1S/C20H16N6OS/c1-28-20-24-18(14-8-11-21-12-9-14)25-26(20)17-6-4-16(5-7-17)23-19(27)15-3-2-10-22-13-15/h2-13H,1H3,(H,23,27). The van der Waals surface area contributed by atoms with Gasteiger partial charge in [0.25, 0.3) is 5.91 Å². The molecule has 7 nitrogen and oxygen atoms in total. The van der Waals surface area contributed by atoms with Crippen LogP contribution in [0.1, 0.15) is 10.4 Å². The lowest BCUT2D eigenvalue weighted by atomic mass is 10.2. The van der Waals surface area contributed by atoms with Gasteiger partial charge in [-0.1, -0.05) is 11.8 Å². The average Bonchev–Trinajstić information content (AvgIpc) is 3.20. The van der Waals surface area contributed by atoms with E-state index in [4.69, 9.17) is 0 Å². The normalized spacial score (nSPS) is 10.6. The number of pyridine rings is 2. The highest BCUT2D eigenvalue weighted by molar-refractivity contribution is 7.98. The molecular formula is C20H16N6OS. The Hall–Kier alpha value is -3.52. The van der Waals surface area contributed by atoms with E-state index in [0.29, 0.717) is 17.1 Å². The Kier molecular flexibility index (Phi) is 5.11. The van der Waals surface area contributed by atoms with Gasteiger partial charge in [-0.25, -0.2) is 9.67 Å². The summed E-state index contributed by atoms with van der Waals surface area (Å²) >= 11 is 1.51. The number of benzene rings is 1. The first-order valence-electron chi connectivity index (χ1n) is 8.48. The second-order valence-electron chi connectivity index (χ2n) is 5.81. The molecule has 4 aromatic rings. The minimum Gasteiger partial charge on any atom is -0.322 e. The molecule has 1 N–H and O–H groups in total. The van der Waals surface area contributed by atoms with Crippen molar-refractivity contribution in [2.24, 2.45) is 0 Å². The maximum atomic E-state index is 12.2. The lowest BCUT2D eigenvalue weighted by Crippen LogP contribution is -2.12. The van der Waals surface area contributed by atoms with Gasteiger partial charge in [-0.05, 0) is 54.8 Å². The summed E-state index contributed by atoms with van der Waals surface area (Å²) in [6.07, 6.45) is 8.56. The zero-order chi connectivity index (χ0) is 19.3. The summed E-state index contributed by atoms with van der Waals surface area (Å²) in [5, 5.41) is 8.26. The first-order chi connectivity index (χ1) is 13.7. The lowest BCUT2D eigenvalue weighted by Gasteiger charge is -2.07. The van der Waals surface area contributed by atoms with Gasteiger partial charge in [0.05, 0.1) is 11.3 Å². The molecule has 8 heteroatoms. The first-order valence-corrected chi connectivity index (χ1v) is 9.70. The molecule has 0 aliphatic rings. The van der Waals surface area contributed by atoms with Crippen molar-refractivity contribution in [1.29, 1.82) is 0 Å². The van der Waals surface area contributed by atoms with Crippen molar-refractivity contribution in [3.8, 4) is 17.1 Å². The van der Waals surface area contributed by atoms with E-state index in [1.165, 1.54) is 18.0 Å². The van der Waals surface area contributed by atoms with E-state index in [1.54, 1.807) is 35.4 Å². The molecule has 0 spiro atoms. The highest BCUT2D eigenvalue weighted by Gasteiger charge is 2.13. The molecule has 28 heavy (non-hydrogen) atoms. The molecule has 0 aliphatic carbocycles. The maximum absolute atomic E-state index is 12.2. The number of thioether (sulfide) groups is 1. The molecule has 0 aliphatic heterocycles. The fourth-order valence-corrected chi connectivity index (χ4v) is 3.10. The number of hydrogen-bond donors (Lipinski definition) is 1. The van der Waals surface area contributed by atoms with Crippen LogP contribution in [0.15, 0.2) is 78.5 Å². The van der Waals surface area contributed by atoms with E-state index >= 15 is 0 Å². The van der Waals surface area contributed by atoms with Crippen molar-refractivity contribution in [3.05, 3.63) is 78.9 Å². The molecule has 0 radical (unpaired) electrons. The van der Waals surface area contributed by atoms with Crippen LogP contribution in [-0.4, -0.2) is 36.9 Å². The van der Waals surface area contributed by atoms with Gasteiger partial charge in [0.2, 0.25) is 0 Å². The van der Waals surface area contributed by atoms with Gasteiger partial charge >= 0.3 is 0 Å². The minimum atomic E-state index is -0.202. The number of anilines is 1. The van der Waals surface area contributed by atoms with Crippen LogP contribution in [0.25, 0.3) is 17.1 Å². The minimum absolute atomic E-state index is 0.202. The molecule has 4 rings (SSSR count). The molecule has 0 saturated heterocycles. The van der Waals surface area contributed by atoms with E-state index < -0.39 is 0 Å². The average molecular weight is 388 g/mol. The second-order valence-corrected chi connectivity index (χ2v) is 6.59. The van der Waals surface area contributed by atoms with Gasteiger partial charge in [-0.3, -0.25) is 14.8 Å². The largest absolute Gasteiger partial charge is 0.322 e. The number of amides is 1. The molecule has 3 heterocycles. The third-order valence-electron chi connectivity index (χ3n) is 3.99. The predicted octanol–water partition coefficient (Wildman–Crippen LogP) is 3.70.